The molecule has 2 N–H and O–H groups in total. The van der Waals surface area contributed by atoms with E-state index in [2.05, 4.69) is 20.8 Å². The van der Waals surface area contributed by atoms with E-state index in [0.717, 1.165) is 11.1 Å². The summed E-state index contributed by atoms with van der Waals surface area (Å²) in [5, 5.41) is 20.1. The van der Waals surface area contributed by atoms with Gasteiger partial charge in [-0.1, -0.05) is 60.7 Å². The molecule has 1 saturated heterocycles. The Kier molecular flexibility index (Phi) is 13.8. The molecule has 0 aromatic heterocycles. The molecule has 1 unspecified atom stereocenters. The fraction of sp³-hybridized carbons (Fsp3) is 0.517. The Hall–Kier alpha value is -1.30. The molecule has 0 aliphatic carbocycles. The molecule has 2 aromatic carbocycles. The third kappa shape index (κ3) is 10.7. The van der Waals surface area contributed by atoms with E-state index < -0.39 is 25.9 Å². The number of hydrogen-bond donors (Lipinski definition) is 2. The van der Waals surface area contributed by atoms with Crippen LogP contribution in [0.5, 0.6) is 0 Å². The maximum atomic E-state index is 10.0. The van der Waals surface area contributed by atoms with Crippen LogP contribution in [0.3, 0.4) is 0 Å². The quantitative estimate of drug-likeness (QED) is 0.148. The number of rotatable bonds is 13. The van der Waals surface area contributed by atoms with Crippen LogP contribution in [-0.4, -0.2) is 36.1 Å². The molecule has 3 atom stereocenters. The summed E-state index contributed by atoms with van der Waals surface area (Å²) in [4.78, 5) is 0. The van der Waals surface area contributed by atoms with Gasteiger partial charge in [-0.05, 0) is 17.2 Å². The second-order valence-electron chi connectivity index (χ2n) is 8.90. The third-order valence-electron chi connectivity index (χ3n) is 6.03. The van der Waals surface area contributed by atoms with Crippen LogP contribution in [0.15, 0.2) is 72.5 Å². The molecule has 0 saturated carbocycles. The molecule has 0 bridgehead atoms. The van der Waals surface area contributed by atoms with E-state index in [1.807, 2.05) is 60.7 Å². The van der Waals surface area contributed by atoms with Gasteiger partial charge in [0.15, 0.2) is 0 Å². The maximum Gasteiger partial charge on any atom is 0.145 e. The zero-order valence-electron chi connectivity index (χ0n) is 20.7. The zero-order valence-corrected chi connectivity index (χ0v) is 23.6. The predicted molar refractivity (Wildman–Crippen MR) is 141 cm³/mol. The summed E-state index contributed by atoms with van der Waals surface area (Å²) < 4.78 is 10.5. The summed E-state index contributed by atoms with van der Waals surface area (Å²) in [7, 11) is 0. The van der Waals surface area contributed by atoms with Gasteiger partial charge in [0.2, 0.25) is 0 Å². The van der Waals surface area contributed by atoms with Crippen LogP contribution in [-0.2, 0) is 4.74 Å². The van der Waals surface area contributed by atoms with Crippen molar-refractivity contribution < 1.29 is 14.9 Å². The van der Waals surface area contributed by atoms with Crippen molar-refractivity contribution in [3.8, 4) is 0 Å². The molecule has 1 fully saturated rings. The third-order valence-corrected chi connectivity index (χ3v) is 15.1. The van der Waals surface area contributed by atoms with Gasteiger partial charge in [-0.2, -0.15) is 0 Å². The van der Waals surface area contributed by atoms with Crippen molar-refractivity contribution in [3.63, 3.8) is 0 Å². The van der Waals surface area contributed by atoms with E-state index in [4.69, 9.17) is 4.74 Å². The van der Waals surface area contributed by atoms with Crippen LogP contribution in [0.1, 0.15) is 82.6 Å². The van der Waals surface area contributed by atoms with Crippen molar-refractivity contribution >= 4 is 19.8 Å². The Morgan fingerprint density at radius 2 is 1.33 bits per heavy atom. The van der Waals surface area contributed by atoms with Crippen LogP contribution < -0.4 is 0 Å². The van der Waals surface area contributed by atoms with Crippen molar-refractivity contribution in [1.29, 1.82) is 0 Å². The van der Waals surface area contributed by atoms with Crippen LogP contribution >= 0.6 is 0 Å². The first-order chi connectivity index (χ1) is 16.1. The minimum atomic E-state index is -0.839. The van der Waals surface area contributed by atoms with Crippen molar-refractivity contribution in [2.45, 2.75) is 90.9 Å². The minimum absolute atomic E-state index is 0.0789. The van der Waals surface area contributed by atoms with E-state index in [0.29, 0.717) is 0 Å². The van der Waals surface area contributed by atoms with E-state index in [-0.39, 0.29) is 18.0 Å². The SMILES string of the molecule is CCC[CH2][Sn]([CH2]CCC)[CH2]CCC.O/C(=C\C(O)c1ccccc1)[C@@H]1O[C@H]1c1ccccc1. The molecule has 3 nitrogen and oxygen atoms in total. The zero-order chi connectivity index (χ0) is 23.9. The Morgan fingerprint density at radius 3 is 1.82 bits per heavy atom. The summed E-state index contributed by atoms with van der Waals surface area (Å²) in [5.41, 5.74) is 1.78. The predicted octanol–water partition coefficient (Wildman–Crippen LogP) is 8.18. The maximum absolute atomic E-state index is 10.0. The fourth-order valence-electron chi connectivity index (χ4n) is 3.89. The van der Waals surface area contributed by atoms with Gasteiger partial charge in [0.05, 0.1) is 0 Å². The summed E-state index contributed by atoms with van der Waals surface area (Å²) in [6.45, 7) is 7.00. The molecule has 4 heteroatoms. The van der Waals surface area contributed by atoms with Crippen molar-refractivity contribution in [3.05, 3.63) is 83.6 Å². The Balaban J connectivity index is 0.000000260. The summed E-state index contributed by atoms with van der Waals surface area (Å²) in [5.74, 6) is 0.0789. The van der Waals surface area contributed by atoms with Gasteiger partial charge in [-0.3, -0.25) is 0 Å². The van der Waals surface area contributed by atoms with E-state index in [1.54, 1.807) is 13.3 Å². The number of aliphatic hydroxyl groups is 2. The molecule has 1 aliphatic rings. The fourth-order valence-corrected chi connectivity index (χ4v) is 13.3. The van der Waals surface area contributed by atoms with Crippen molar-refractivity contribution in [2.75, 3.05) is 0 Å². The largest absolute Gasteiger partial charge is 0.510 e. The number of ether oxygens (including phenoxy) is 1. The topological polar surface area (TPSA) is 53.0 Å². The van der Waals surface area contributed by atoms with Gasteiger partial charge in [0.1, 0.15) is 24.1 Å². The molecular formula is C29H43O3Sn. The molecule has 1 heterocycles. The van der Waals surface area contributed by atoms with E-state index in [9.17, 15) is 10.2 Å². The average molecular weight is 558 g/mol. The Morgan fingerprint density at radius 1 is 0.848 bits per heavy atom. The summed E-state index contributed by atoms with van der Waals surface area (Å²) >= 11 is -0.839. The number of benzene rings is 2. The number of aliphatic hydroxyl groups excluding tert-OH is 2. The monoisotopic (exact) mass is 559 g/mol. The van der Waals surface area contributed by atoms with E-state index in [1.165, 1.54) is 44.6 Å². The number of hydrogen-bond acceptors (Lipinski definition) is 3. The summed E-state index contributed by atoms with van der Waals surface area (Å²) in [6.07, 6.45) is 8.99. The second kappa shape index (κ2) is 16.3. The van der Waals surface area contributed by atoms with Gasteiger partial charge in [0, 0.05) is 0 Å². The van der Waals surface area contributed by atoms with Gasteiger partial charge in [-0.25, -0.2) is 0 Å². The smallest absolute Gasteiger partial charge is 0.145 e. The van der Waals surface area contributed by atoms with Crippen molar-refractivity contribution in [1.82, 2.24) is 0 Å². The normalized spacial score (nSPS) is 18.5. The van der Waals surface area contributed by atoms with E-state index >= 15 is 0 Å². The van der Waals surface area contributed by atoms with Crippen LogP contribution in [0.4, 0.5) is 0 Å². The standard InChI is InChI=1S/C17H16O3.3C4H9.Sn/c18-14(12-7-3-1-4-8-12)11-15(19)17-16(20-17)13-9-5-2-6-10-13;3*1-3-4-2;/h1-11,14,16-19H;3*1,3-4H2,2H3;/b15-11-;;;;/t14?,16-,17-;;;;/m0..../s1. The molecule has 2 aromatic rings. The Bertz CT molecular complexity index is 759. The average Bonchev–Trinajstić information content (AvgIpc) is 3.66. The van der Waals surface area contributed by atoms with Crippen LogP contribution in [0, 0.1) is 0 Å². The van der Waals surface area contributed by atoms with Gasteiger partial charge in [-0.15, -0.1) is 0 Å². The molecule has 1 radical (unpaired) electrons. The molecule has 33 heavy (non-hydrogen) atoms. The van der Waals surface area contributed by atoms with Crippen LogP contribution in [0.25, 0.3) is 0 Å². The number of unbranched alkanes of at least 4 members (excludes halogenated alkanes) is 3. The first-order valence-corrected chi connectivity index (χ1v) is 18.8. The molecule has 181 valence electrons. The van der Waals surface area contributed by atoms with Crippen molar-refractivity contribution in [2.24, 2.45) is 0 Å². The van der Waals surface area contributed by atoms with Crippen LogP contribution in [0.2, 0.25) is 13.3 Å². The molecule has 0 amide bonds. The second-order valence-corrected chi connectivity index (χ2v) is 17.5. The molecule has 3 rings (SSSR count). The first-order valence-electron chi connectivity index (χ1n) is 12.8. The van der Waals surface area contributed by atoms with Gasteiger partial charge < -0.3 is 14.9 Å². The molecular weight excluding hydrogens is 515 g/mol. The van der Waals surface area contributed by atoms with Gasteiger partial charge in [0.25, 0.3) is 0 Å². The first kappa shape index (κ1) is 27.9. The minimum Gasteiger partial charge on any atom is -0.510 e. The summed E-state index contributed by atoms with van der Waals surface area (Å²) in [6, 6.07) is 19.0. The molecule has 1 aliphatic heterocycles. The number of epoxide rings is 1. The van der Waals surface area contributed by atoms with Gasteiger partial charge >= 0.3 is 92.4 Å². The molecule has 0 spiro atoms. The Labute approximate surface area is 208 Å².